The number of nitrogens with one attached hydrogen (secondary N) is 1. The maximum atomic E-state index is 12.4. The smallest absolute Gasteiger partial charge is 0.338 e. The van der Waals surface area contributed by atoms with Crippen LogP contribution in [-0.4, -0.2) is 41.5 Å². The number of fused-ring (bicyclic) bond motifs is 1. The van der Waals surface area contributed by atoms with E-state index in [4.69, 9.17) is 14.2 Å². The maximum absolute atomic E-state index is 12.4. The van der Waals surface area contributed by atoms with Crippen molar-refractivity contribution in [3.8, 4) is 11.5 Å². The molecule has 9 heteroatoms. The van der Waals surface area contributed by atoms with Crippen LogP contribution in [0.2, 0.25) is 0 Å². The third kappa shape index (κ3) is 4.50. The van der Waals surface area contributed by atoms with E-state index in [9.17, 15) is 19.2 Å². The average Bonchev–Trinajstić information content (AvgIpc) is 3.35. The summed E-state index contributed by atoms with van der Waals surface area (Å²) in [4.78, 5) is 49.4. The first-order valence-electron chi connectivity index (χ1n) is 9.74. The molecule has 31 heavy (non-hydrogen) atoms. The van der Waals surface area contributed by atoms with Gasteiger partial charge < -0.3 is 19.5 Å². The summed E-state index contributed by atoms with van der Waals surface area (Å²) < 4.78 is 15.7. The molecule has 1 unspecified atom stereocenters. The highest BCUT2D eigenvalue weighted by Gasteiger charge is 2.28. The molecule has 2 heterocycles. The van der Waals surface area contributed by atoms with Crippen molar-refractivity contribution in [2.75, 3.05) is 12.1 Å². The van der Waals surface area contributed by atoms with Gasteiger partial charge in [0.25, 0.3) is 5.91 Å². The van der Waals surface area contributed by atoms with E-state index in [2.05, 4.69) is 5.32 Å². The first-order chi connectivity index (χ1) is 14.9. The summed E-state index contributed by atoms with van der Waals surface area (Å²) in [7, 11) is 0. The predicted molar refractivity (Wildman–Crippen MR) is 107 cm³/mol. The molecule has 0 bridgehead atoms. The van der Waals surface area contributed by atoms with E-state index >= 15 is 0 Å². The number of carbonyl (C=O) groups is 4. The van der Waals surface area contributed by atoms with Crippen LogP contribution >= 0.6 is 0 Å². The molecule has 0 aliphatic carbocycles. The quantitative estimate of drug-likeness (QED) is 0.559. The van der Waals surface area contributed by atoms with Crippen molar-refractivity contribution in [1.29, 1.82) is 0 Å². The number of ether oxygens (including phenoxy) is 3. The lowest BCUT2D eigenvalue weighted by atomic mass is 10.1. The minimum atomic E-state index is -1.03. The minimum Gasteiger partial charge on any atom is -0.454 e. The molecule has 2 aliphatic heterocycles. The molecule has 2 aromatic carbocycles. The number of anilines is 1. The summed E-state index contributed by atoms with van der Waals surface area (Å²) in [6, 6.07) is 11.3. The van der Waals surface area contributed by atoms with Crippen molar-refractivity contribution in [3.63, 3.8) is 0 Å². The molecule has 1 N–H and O–H groups in total. The number of esters is 1. The molecule has 2 aromatic rings. The Bertz CT molecular complexity index is 1030. The number of amides is 3. The van der Waals surface area contributed by atoms with E-state index in [1.165, 1.54) is 24.0 Å². The molecule has 9 nitrogen and oxygen atoms in total. The van der Waals surface area contributed by atoms with Crippen LogP contribution in [0.25, 0.3) is 0 Å². The summed E-state index contributed by atoms with van der Waals surface area (Å²) in [5.74, 6) is -0.422. The van der Waals surface area contributed by atoms with E-state index in [1.54, 1.807) is 30.3 Å². The summed E-state index contributed by atoms with van der Waals surface area (Å²) >= 11 is 0. The Balaban J connectivity index is 1.32. The third-order valence-electron chi connectivity index (χ3n) is 4.98. The fourth-order valence-electron chi connectivity index (χ4n) is 3.23. The van der Waals surface area contributed by atoms with Crippen LogP contribution in [0.4, 0.5) is 5.69 Å². The van der Waals surface area contributed by atoms with Crippen molar-refractivity contribution < 1.29 is 33.4 Å². The molecule has 1 saturated heterocycles. The van der Waals surface area contributed by atoms with E-state index in [0.29, 0.717) is 22.7 Å². The fraction of sp³-hybridized carbons (Fsp3) is 0.273. The Morgan fingerprint density at radius 3 is 2.42 bits per heavy atom. The van der Waals surface area contributed by atoms with Gasteiger partial charge >= 0.3 is 5.97 Å². The van der Waals surface area contributed by atoms with Gasteiger partial charge in [-0.15, -0.1) is 0 Å². The second-order valence-electron chi connectivity index (χ2n) is 7.18. The number of rotatable bonds is 6. The van der Waals surface area contributed by atoms with E-state index in [0.717, 1.165) is 0 Å². The zero-order chi connectivity index (χ0) is 22.0. The Morgan fingerprint density at radius 2 is 1.71 bits per heavy atom. The Labute approximate surface area is 177 Å². The molecule has 160 valence electrons. The molecule has 0 aromatic heterocycles. The van der Waals surface area contributed by atoms with Crippen LogP contribution in [0.3, 0.4) is 0 Å². The second kappa shape index (κ2) is 8.47. The SMILES string of the molecule is CC(OC(=O)c1ccc(CN2C(=O)CCC2=O)cc1)C(=O)Nc1ccc2c(c1)OCO2. The lowest BCUT2D eigenvalue weighted by Gasteiger charge is -2.15. The van der Waals surface area contributed by atoms with Gasteiger partial charge in [0.1, 0.15) is 0 Å². The molecule has 1 atom stereocenters. The number of hydrogen-bond acceptors (Lipinski definition) is 7. The van der Waals surface area contributed by atoms with Crippen LogP contribution in [0.1, 0.15) is 35.7 Å². The van der Waals surface area contributed by atoms with Gasteiger partial charge in [-0.1, -0.05) is 12.1 Å². The molecule has 1 fully saturated rings. The largest absolute Gasteiger partial charge is 0.454 e. The molecule has 0 saturated carbocycles. The van der Waals surface area contributed by atoms with Gasteiger partial charge in [0.05, 0.1) is 12.1 Å². The molecule has 4 rings (SSSR count). The van der Waals surface area contributed by atoms with Crippen molar-refractivity contribution >= 4 is 29.4 Å². The van der Waals surface area contributed by atoms with Gasteiger partial charge in [-0.3, -0.25) is 19.3 Å². The molecule has 3 amide bonds. The van der Waals surface area contributed by atoms with Gasteiger partial charge in [-0.2, -0.15) is 0 Å². The first kappa shape index (κ1) is 20.4. The summed E-state index contributed by atoms with van der Waals surface area (Å²) in [5.41, 5.74) is 1.46. The highest BCUT2D eigenvalue weighted by molar-refractivity contribution is 6.02. The zero-order valence-electron chi connectivity index (χ0n) is 16.8. The Kier molecular flexibility index (Phi) is 5.57. The molecule has 0 spiro atoms. The number of hydrogen-bond donors (Lipinski definition) is 1. The summed E-state index contributed by atoms with van der Waals surface area (Å²) in [6.07, 6.45) is -0.567. The monoisotopic (exact) mass is 424 g/mol. The highest BCUT2D eigenvalue weighted by Crippen LogP contribution is 2.34. The minimum absolute atomic E-state index is 0.129. The Hall–Kier alpha value is -3.88. The van der Waals surface area contributed by atoms with Gasteiger partial charge in [-0.05, 0) is 36.8 Å². The van der Waals surface area contributed by atoms with Gasteiger partial charge in [0, 0.05) is 24.6 Å². The van der Waals surface area contributed by atoms with Crippen molar-refractivity contribution in [1.82, 2.24) is 4.90 Å². The standard InChI is InChI=1S/C22H20N2O7/c1-13(21(27)23-16-6-7-17-18(10-16)30-12-29-17)31-22(28)15-4-2-14(3-5-15)11-24-19(25)8-9-20(24)26/h2-7,10,13H,8-9,11-12H2,1H3,(H,23,27). The summed E-state index contributed by atoms with van der Waals surface area (Å²) in [5, 5.41) is 2.66. The topological polar surface area (TPSA) is 111 Å². The highest BCUT2D eigenvalue weighted by atomic mass is 16.7. The molecule has 2 aliphatic rings. The fourth-order valence-corrected chi connectivity index (χ4v) is 3.23. The lowest BCUT2D eigenvalue weighted by Crippen LogP contribution is -2.30. The maximum Gasteiger partial charge on any atom is 0.338 e. The molecule has 0 radical (unpaired) electrons. The van der Waals surface area contributed by atoms with Crippen molar-refractivity contribution in [2.45, 2.75) is 32.4 Å². The number of carbonyl (C=O) groups excluding carboxylic acids is 4. The van der Waals surface area contributed by atoms with Crippen LogP contribution in [0.5, 0.6) is 11.5 Å². The Morgan fingerprint density at radius 1 is 1.03 bits per heavy atom. The predicted octanol–water partition coefficient (Wildman–Crippen LogP) is 2.25. The normalized spacial score (nSPS) is 15.7. The van der Waals surface area contributed by atoms with E-state index < -0.39 is 18.0 Å². The number of imide groups is 1. The van der Waals surface area contributed by atoms with Crippen LogP contribution < -0.4 is 14.8 Å². The number of benzene rings is 2. The van der Waals surface area contributed by atoms with Gasteiger partial charge in [0.2, 0.25) is 18.6 Å². The first-order valence-corrected chi connectivity index (χ1v) is 9.74. The van der Waals surface area contributed by atoms with Crippen LogP contribution in [0.15, 0.2) is 42.5 Å². The lowest BCUT2D eigenvalue weighted by molar-refractivity contribution is -0.139. The van der Waals surface area contributed by atoms with Gasteiger partial charge in [0.15, 0.2) is 17.6 Å². The van der Waals surface area contributed by atoms with Crippen molar-refractivity contribution in [3.05, 3.63) is 53.6 Å². The van der Waals surface area contributed by atoms with E-state index in [1.807, 2.05) is 0 Å². The van der Waals surface area contributed by atoms with Gasteiger partial charge in [-0.25, -0.2) is 4.79 Å². The van der Waals surface area contributed by atoms with Crippen LogP contribution in [-0.2, 0) is 25.7 Å². The van der Waals surface area contributed by atoms with Crippen molar-refractivity contribution in [2.24, 2.45) is 0 Å². The van der Waals surface area contributed by atoms with E-state index in [-0.39, 0.29) is 43.6 Å². The third-order valence-corrected chi connectivity index (χ3v) is 4.98. The second-order valence-corrected chi connectivity index (χ2v) is 7.18. The number of likely N-dealkylation sites (tertiary alicyclic amines) is 1. The number of nitrogens with zero attached hydrogens (tertiary/aromatic N) is 1. The summed E-state index contributed by atoms with van der Waals surface area (Å²) in [6.45, 7) is 1.77. The average molecular weight is 424 g/mol. The van der Waals surface area contributed by atoms with Crippen LogP contribution in [0, 0.1) is 0 Å². The zero-order valence-corrected chi connectivity index (χ0v) is 16.8. The molecular formula is C22H20N2O7. The molecular weight excluding hydrogens is 404 g/mol.